The third kappa shape index (κ3) is 3.83. The van der Waals surface area contributed by atoms with E-state index in [0.29, 0.717) is 28.3 Å². The summed E-state index contributed by atoms with van der Waals surface area (Å²) >= 11 is 2.65. The van der Waals surface area contributed by atoms with E-state index in [0.717, 1.165) is 4.88 Å². The summed E-state index contributed by atoms with van der Waals surface area (Å²) in [5.74, 6) is 0.0844. The largest absolute Gasteiger partial charge is 0.344 e. The SMILES string of the molecule is Cc1cc2c(=O)[nH]c(SCC(=O)N(C)CCC#N)nc2s1. The molecule has 1 N–H and O–H groups in total. The number of aryl methyl sites for hydroxylation is 1. The highest BCUT2D eigenvalue weighted by Gasteiger charge is 2.12. The van der Waals surface area contributed by atoms with E-state index in [-0.39, 0.29) is 17.2 Å². The number of hydrogen-bond donors (Lipinski definition) is 1. The number of fused-ring (bicyclic) bond motifs is 1. The molecule has 0 bridgehead atoms. The van der Waals surface area contributed by atoms with Crippen LogP contribution >= 0.6 is 23.1 Å². The molecule has 21 heavy (non-hydrogen) atoms. The molecule has 2 aromatic rings. The van der Waals surface area contributed by atoms with Gasteiger partial charge in [0.05, 0.1) is 23.6 Å². The van der Waals surface area contributed by atoms with Crippen LogP contribution in [0.25, 0.3) is 10.2 Å². The average Bonchev–Trinajstić information content (AvgIpc) is 2.83. The van der Waals surface area contributed by atoms with Crippen molar-refractivity contribution >= 4 is 39.2 Å². The Morgan fingerprint density at radius 2 is 2.38 bits per heavy atom. The maximum atomic E-state index is 11.9. The second-order valence-electron chi connectivity index (χ2n) is 4.46. The van der Waals surface area contributed by atoms with E-state index in [9.17, 15) is 9.59 Å². The van der Waals surface area contributed by atoms with Gasteiger partial charge in [-0.05, 0) is 13.0 Å². The Balaban J connectivity index is 2.05. The molecule has 0 unspecified atom stereocenters. The van der Waals surface area contributed by atoms with Gasteiger partial charge < -0.3 is 9.88 Å². The van der Waals surface area contributed by atoms with Crippen molar-refractivity contribution in [3.63, 3.8) is 0 Å². The molecule has 110 valence electrons. The fraction of sp³-hybridized carbons (Fsp3) is 0.385. The Hall–Kier alpha value is -1.85. The molecule has 2 heterocycles. The third-order valence-corrected chi connectivity index (χ3v) is 4.62. The number of H-pyrrole nitrogens is 1. The lowest BCUT2D eigenvalue weighted by molar-refractivity contribution is -0.127. The number of amides is 1. The number of rotatable bonds is 5. The van der Waals surface area contributed by atoms with E-state index < -0.39 is 0 Å². The summed E-state index contributed by atoms with van der Waals surface area (Å²) in [5, 5.41) is 9.52. The first-order valence-corrected chi connectivity index (χ1v) is 8.05. The summed E-state index contributed by atoms with van der Waals surface area (Å²) in [6, 6.07) is 3.80. The van der Waals surface area contributed by atoms with E-state index in [1.165, 1.54) is 28.0 Å². The zero-order valence-corrected chi connectivity index (χ0v) is 13.3. The van der Waals surface area contributed by atoms with Crippen molar-refractivity contribution in [3.8, 4) is 6.07 Å². The minimum absolute atomic E-state index is 0.0969. The van der Waals surface area contributed by atoms with Crippen LogP contribution in [0.1, 0.15) is 11.3 Å². The summed E-state index contributed by atoms with van der Waals surface area (Å²) in [5.41, 5.74) is -0.183. The Morgan fingerprint density at radius 1 is 1.62 bits per heavy atom. The van der Waals surface area contributed by atoms with Crippen LogP contribution in [0, 0.1) is 18.3 Å². The molecule has 0 aromatic carbocycles. The van der Waals surface area contributed by atoms with E-state index >= 15 is 0 Å². The number of nitrogens with one attached hydrogen (secondary N) is 1. The summed E-state index contributed by atoms with van der Waals surface area (Å²) in [6.45, 7) is 2.33. The number of carbonyl (C=O) groups is 1. The van der Waals surface area contributed by atoms with Gasteiger partial charge in [-0.1, -0.05) is 11.8 Å². The van der Waals surface area contributed by atoms with Crippen molar-refractivity contribution in [2.24, 2.45) is 0 Å². The molecule has 0 radical (unpaired) electrons. The highest BCUT2D eigenvalue weighted by molar-refractivity contribution is 7.99. The van der Waals surface area contributed by atoms with Crippen molar-refractivity contribution in [1.82, 2.24) is 14.9 Å². The first-order chi connectivity index (χ1) is 10.0. The van der Waals surface area contributed by atoms with Crippen molar-refractivity contribution < 1.29 is 4.79 Å². The Labute approximate surface area is 129 Å². The van der Waals surface area contributed by atoms with Crippen LogP contribution in [-0.2, 0) is 4.79 Å². The molecule has 0 aliphatic carbocycles. The fourth-order valence-electron chi connectivity index (χ4n) is 1.68. The maximum absolute atomic E-state index is 11.9. The molecule has 0 aliphatic rings. The second-order valence-corrected chi connectivity index (χ2v) is 6.66. The summed E-state index contributed by atoms with van der Waals surface area (Å²) in [6.07, 6.45) is 0.308. The Kier molecular flexibility index (Phi) is 4.98. The van der Waals surface area contributed by atoms with Gasteiger partial charge in [0.15, 0.2) is 5.16 Å². The van der Waals surface area contributed by atoms with Crippen molar-refractivity contribution in [1.29, 1.82) is 5.26 Å². The van der Waals surface area contributed by atoms with Crippen LogP contribution in [-0.4, -0.2) is 40.1 Å². The quantitative estimate of drug-likeness (QED) is 0.669. The van der Waals surface area contributed by atoms with Gasteiger partial charge in [0, 0.05) is 18.5 Å². The Morgan fingerprint density at radius 3 is 3.10 bits per heavy atom. The van der Waals surface area contributed by atoms with Crippen LogP contribution < -0.4 is 5.56 Å². The van der Waals surface area contributed by atoms with E-state index in [4.69, 9.17) is 5.26 Å². The highest BCUT2D eigenvalue weighted by atomic mass is 32.2. The lowest BCUT2D eigenvalue weighted by Gasteiger charge is -2.14. The van der Waals surface area contributed by atoms with Gasteiger partial charge in [-0.15, -0.1) is 11.3 Å². The lowest BCUT2D eigenvalue weighted by Crippen LogP contribution is -2.29. The van der Waals surface area contributed by atoms with Gasteiger partial charge in [0.25, 0.3) is 5.56 Å². The first kappa shape index (κ1) is 15.5. The van der Waals surface area contributed by atoms with Gasteiger partial charge in [0.1, 0.15) is 4.83 Å². The van der Waals surface area contributed by atoms with Gasteiger partial charge >= 0.3 is 0 Å². The molecule has 0 aliphatic heterocycles. The zero-order valence-electron chi connectivity index (χ0n) is 11.7. The molecular weight excluding hydrogens is 308 g/mol. The summed E-state index contributed by atoms with van der Waals surface area (Å²) < 4.78 is 0. The Bertz CT molecular complexity index is 760. The number of aromatic nitrogens is 2. The van der Waals surface area contributed by atoms with Gasteiger partial charge in [0.2, 0.25) is 5.91 Å². The standard InChI is InChI=1S/C13H14N4O2S2/c1-8-6-9-11(19)15-13(16-12(9)21-8)20-7-10(18)17(2)5-3-4-14/h6H,3,5,7H2,1-2H3,(H,15,16,19). The molecule has 0 fully saturated rings. The number of carbonyl (C=O) groups excluding carboxylic acids is 1. The van der Waals surface area contributed by atoms with Crippen LogP contribution in [0.5, 0.6) is 0 Å². The molecule has 6 nitrogen and oxygen atoms in total. The first-order valence-electron chi connectivity index (χ1n) is 6.25. The maximum Gasteiger partial charge on any atom is 0.260 e. The number of thiophene rings is 1. The summed E-state index contributed by atoms with van der Waals surface area (Å²) in [7, 11) is 1.65. The van der Waals surface area contributed by atoms with Crippen LogP contribution in [0.2, 0.25) is 0 Å². The normalized spacial score (nSPS) is 10.5. The second kappa shape index (κ2) is 6.74. The topological polar surface area (TPSA) is 89.9 Å². The number of aromatic amines is 1. The fourth-order valence-corrected chi connectivity index (χ4v) is 3.42. The highest BCUT2D eigenvalue weighted by Crippen LogP contribution is 2.22. The predicted molar refractivity (Wildman–Crippen MR) is 83.6 cm³/mol. The molecule has 2 aromatic heterocycles. The third-order valence-electron chi connectivity index (χ3n) is 2.82. The minimum atomic E-state index is -0.183. The molecular formula is C13H14N4O2S2. The van der Waals surface area contributed by atoms with Crippen LogP contribution in [0.15, 0.2) is 16.0 Å². The zero-order chi connectivity index (χ0) is 15.4. The predicted octanol–water partition coefficient (Wildman–Crippen LogP) is 1.76. The summed E-state index contributed by atoms with van der Waals surface area (Å²) in [4.78, 5) is 34.0. The smallest absolute Gasteiger partial charge is 0.260 e. The van der Waals surface area contributed by atoms with E-state index in [2.05, 4.69) is 9.97 Å². The monoisotopic (exact) mass is 322 g/mol. The lowest BCUT2D eigenvalue weighted by atomic mass is 10.4. The molecule has 0 saturated carbocycles. The van der Waals surface area contributed by atoms with Gasteiger partial charge in [-0.25, -0.2) is 4.98 Å². The van der Waals surface area contributed by atoms with Crippen molar-refractivity contribution in [2.75, 3.05) is 19.3 Å². The van der Waals surface area contributed by atoms with Crippen molar-refractivity contribution in [3.05, 3.63) is 21.3 Å². The number of hydrogen-bond acceptors (Lipinski definition) is 6. The van der Waals surface area contributed by atoms with Crippen molar-refractivity contribution in [2.45, 2.75) is 18.5 Å². The number of nitriles is 1. The van der Waals surface area contributed by atoms with Gasteiger partial charge in [-0.2, -0.15) is 5.26 Å². The molecule has 2 rings (SSSR count). The average molecular weight is 322 g/mol. The molecule has 8 heteroatoms. The molecule has 0 atom stereocenters. The van der Waals surface area contributed by atoms with E-state index in [1.54, 1.807) is 13.1 Å². The molecule has 0 saturated heterocycles. The number of nitrogens with zero attached hydrogens (tertiary/aromatic N) is 3. The minimum Gasteiger partial charge on any atom is -0.344 e. The van der Waals surface area contributed by atoms with Crippen LogP contribution in [0.3, 0.4) is 0 Å². The molecule has 0 spiro atoms. The van der Waals surface area contributed by atoms with Gasteiger partial charge in [-0.3, -0.25) is 9.59 Å². The number of thioether (sulfide) groups is 1. The van der Waals surface area contributed by atoms with E-state index in [1.807, 2.05) is 13.0 Å². The molecule has 1 amide bonds. The van der Waals surface area contributed by atoms with Crippen LogP contribution in [0.4, 0.5) is 0 Å².